The van der Waals surface area contributed by atoms with Crippen molar-refractivity contribution in [1.82, 2.24) is 9.88 Å². The highest BCUT2D eigenvalue weighted by atomic mass is 79.9. The lowest BCUT2D eigenvalue weighted by Gasteiger charge is -2.16. The lowest BCUT2D eigenvalue weighted by Crippen LogP contribution is -2.26. The molecule has 0 N–H and O–H groups in total. The number of furan rings is 1. The predicted octanol–water partition coefficient (Wildman–Crippen LogP) is 4.02. The fourth-order valence-electron chi connectivity index (χ4n) is 1.52. The van der Waals surface area contributed by atoms with E-state index in [-0.39, 0.29) is 16.1 Å². The highest BCUT2D eigenvalue weighted by molar-refractivity contribution is 9.10. The Morgan fingerprint density at radius 1 is 1.47 bits per heavy atom. The molecule has 0 atom stereocenters. The van der Waals surface area contributed by atoms with Gasteiger partial charge in [-0.2, -0.15) is 0 Å². The quantitative estimate of drug-likeness (QED) is 0.774. The average Bonchev–Trinajstić information content (AvgIpc) is 2.77. The van der Waals surface area contributed by atoms with E-state index in [2.05, 4.69) is 20.9 Å². The Kier molecular flexibility index (Phi) is 4.50. The molecule has 0 aliphatic rings. The van der Waals surface area contributed by atoms with Gasteiger partial charge in [-0.25, -0.2) is 4.98 Å². The van der Waals surface area contributed by atoms with Crippen molar-refractivity contribution < 1.29 is 9.21 Å². The molecule has 4 nitrogen and oxygen atoms in total. The molecule has 0 unspecified atom stereocenters. The topological polar surface area (TPSA) is 46.3 Å². The van der Waals surface area contributed by atoms with Crippen LogP contribution in [0, 0.1) is 0 Å². The fraction of sp³-hybridized carbons (Fsp3) is 0.167. The van der Waals surface area contributed by atoms with Crippen LogP contribution in [0.1, 0.15) is 16.1 Å². The van der Waals surface area contributed by atoms with Crippen LogP contribution in [0.2, 0.25) is 10.2 Å². The first-order valence-electron chi connectivity index (χ1n) is 5.28. The lowest BCUT2D eigenvalue weighted by atomic mass is 10.2. The molecule has 0 aliphatic heterocycles. The standard InChI is InChI=1S/C12H9BrCl2N2O2/c1-17(6-7-2-3-10(13)19-7)12(18)8-4-11(15)16-5-9(8)14/h2-5H,6H2,1H3. The monoisotopic (exact) mass is 362 g/mol. The van der Waals surface area contributed by atoms with E-state index in [9.17, 15) is 4.79 Å². The fourth-order valence-corrected chi connectivity index (χ4v) is 2.21. The first-order chi connectivity index (χ1) is 8.97. The zero-order valence-corrected chi connectivity index (χ0v) is 13.0. The predicted molar refractivity (Wildman–Crippen MR) is 76.5 cm³/mol. The number of hydrogen-bond donors (Lipinski definition) is 0. The van der Waals surface area contributed by atoms with Crippen LogP contribution in [0.4, 0.5) is 0 Å². The van der Waals surface area contributed by atoms with Crippen molar-refractivity contribution in [3.05, 3.63) is 50.6 Å². The maximum absolute atomic E-state index is 12.2. The Morgan fingerprint density at radius 2 is 2.21 bits per heavy atom. The minimum Gasteiger partial charge on any atom is -0.452 e. The first kappa shape index (κ1) is 14.4. The van der Waals surface area contributed by atoms with E-state index in [0.29, 0.717) is 22.5 Å². The van der Waals surface area contributed by atoms with Crippen molar-refractivity contribution in [2.45, 2.75) is 6.54 Å². The number of pyridine rings is 1. The number of rotatable bonds is 3. The Labute approximate surface area is 128 Å². The van der Waals surface area contributed by atoms with Gasteiger partial charge in [0.15, 0.2) is 4.67 Å². The molecule has 0 fully saturated rings. The van der Waals surface area contributed by atoms with Gasteiger partial charge in [-0.1, -0.05) is 23.2 Å². The highest BCUT2D eigenvalue weighted by Gasteiger charge is 2.17. The molecule has 0 bridgehead atoms. The highest BCUT2D eigenvalue weighted by Crippen LogP contribution is 2.21. The van der Waals surface area contributed by atoms with Crippen molar-refractivity contribution in [2.24, 2.45) is 0 Å². The molecule has 19 heavy (non-hydrogen) atoms. The lowest BCUT2D eigenvalue weighted by molar-refractivity contribution is 0.0775. The van der Waals surface area contributed by atoms with Crippen molar-refractivity contribution >= 4 is 45.0 Å². The second kappa shape index (κ2) is 5.94. The Bertz CT molecular complexity index is 616. The summed E-state index contributed by atoms with van der Waals surface area (Å²) in [7, 11) is 1.66. The van der Waals surface area contributed by atoms with Gasteiger partial charge in [-0.15, -0.1) is 0 Å². The van der Waals surface area contributed by atoms with Crippen LogP contribution < -0.4 is 0 Å². The van der Waals surface area contributed by atoms with Crippen molar-refractivity contribution in [3.63, 3.8) is 0 Å². The molecule has 7 heteroatoms. The van der Waals surface area contributed by atoms with Crippen molar-refractivity contribution in [1.29, 1.82) is 0 Å². The zero-order chi connectivity index (χ0) is 14.0. The zero-order valence-electron chi connectivity index (χ0n) is 9.86. The minimum absolute atomic E-state index is 0.224. The number of nitrogens with zero attached hydrogens (tertiary/aromatic N) is 2. The van der Waals surface area contributed by atoms with Crippen LogP contribution in [-0.2, 0) is 6.54 Å². The molecule has 2 heterocycles. The third-order valence-corrected chi connectivity index (χ3v) is 3.36. The van der Waals surface area contributed by atoms with Gasteiger partial charge in [0.2, 0.25) is 0 Å². The summed E-state index contributed by atoms with van der Waals surface area (Å²) in [5.41, 5.74) is 0.315. The third kappa shape index (κ3) is 3.49. The normalized spacial score (nSPS) is 10.5. The SMILES string of the molecule is CN(Cc1ccc(Br)o1)C(=O)c1cc(Cl)ncc1Cl. The third-order valence-electron chi connectivity index (χ3n) is 2.42. The summed E-state index contributed by atoms with van der Waals surface area (Å²) in [6.07, 6.45) is 1.36. The Hall–Kier alpha value is -1.04. The van der Waals surface area contributed by atoms with Gasteiger partial charge in [-0.3, -0.25) is 4.79 Å². The molecule has 0 spiro atoms. The number of halogens is 3. The number of carbonyl (C=O) groups excluding carboxylic acids is 1. The number of aromatic nitrogens is 1. The molecule has 1 amide bonds. The van der Waals surface area contributed by atoms with Crippen LogP contribution >= 0.6 is 39.1 Å². The molecular weight excluding hydrogens is 355 g/mol. The van der Waals surface area contributed by atoms with Crippen LogP contribution in [0.5, 0.6) is 0 Å². The molecule has 0 saturated heterocycles. The molecule has 0 radical (unpaired) electrons. The average molecular weight is 364 g/mol. The van der Waals surface area contributed by atoms with E-state index in [0.717, 1.165) is 0 Å². The van der Waals surface area contributed by atoms with Gasteiger partial charge in [0.05, 0.1) is 17.1 Å². The van der Waals surface area contributed by atoms with Crippen LogP contribution in [0.25, 0.3) is 0 Å². The Morgan fingerprint density at radius 3 is 2.84 bits per heavy atom. The molecule has 100 valence electrons. The van der Waals surface area contributed by atoms with Gasteiger partial charge >= 0.3 is 0 Å². The summed E-state index contributed by atoms with van der Waals surface area (Å²) < 4.78 is 5.96. The van der Waals surface area contributed by atoms with Crippen molar-refractivity contribution in [2.75, 3.05) is 7.05 Å². The van der Waals surface area contributed by atoms with E-state index in [1.807, 2.05) is 0 Å². The van der Waals surface area contributed by atoms with Gasteiger partial charge in [0.25, 0.3) is 5.91 Å². The van der Waals surface area contributed by atoms with Gasteiger partial charge in [0, 0.05) is 13.2 Å². The summed E-state index contributed by atoms with van der Waals surface area (Å²) in [4.78, 5) is 17.5. The minimum atomic E-state index is -0.248. The molecule has 2 aromatic rings. The molecule has 0 aromatic carbocycles. The summed E-state index contributed by atoms with van der Waals surface area (Å²) in [6.45, 7) is 0.334. The van der Waals surface area contributed by atoms with E-state index >= 15 is 0 Å². The summed E-state index contributed by atoms with van der Waals surface area (Å²) in [6, 6.07) is 5.00. The van der Waals surface area contributed by atoms with E-state index in [1.54, 1.807) is 19.2 Å². The summed E-state index contributed by atoms with van der Waals surface area (Å²) >= 11 is 14.9. The van der Waals surface area contributed by atoms with E-state index in [4.69, 9.17) is 27.6 Å². The summed E-state index contributed by atoms with van der Waals surface area (Å²) in [5.74, 6) is 0.417. The maximum atomic E-state index is 12.2. The smallest absolute Gasteiger partial charge is 0.255 e. The van der Waals surface area contributed by atoms with Crippen LogP contribution in [0.3, 0.4) is 0 Å². The maximum Gasteiger partial charge on any atom is 0.255 e. The molecule has 0 saturated carbocycles. The van der Waals surface area contributed by atoms with Gasteiger partial charge < -0.3 is 9.32 Å². The molecule has 2 rings (SSSR count). The van der Waals surface area contributed by atoms with E-state index in [1.165, 1.54) is 17.2 Å². The second-order valence-electron chi connectivity index (χ2n) is 3.85. The van der Waals surface area contributed by atoms with Crippen molar-refractivity contribution in [3.8, 4) is 0 Å². The van der Waals surface area contributed by atoms with Crippen LogP contribution in [0.15, 0.2) is 33.5 Å². The van der Waals surface area contributed by atoms with Crippen LogP contribution in [-0.4, -0.2) is 22.8 Å². The van der Waals surface area contributed by atoms with Gasteiger partial charge in [-0.05, 0) is 34.1 Å². The summed E-state index contributed by atoms with van der Waals surface area (Å²) in [5, 5.41) is 0.490. The molecular formula is C12H9BrCl2N2O2. The molecule has 2 aromatic heterocycles. The second-order valence-corrected chi connectivity index (χ2v) is 5.43. The van der Waals surface area contributed by atoms with E-state index < -0.39 is 0 Å². The number of hydrogen-bond acceptors (Lipinski definition) is 3. The number of amides is 1. The number of carbonyl (C=O) groups is 1. The first-order valence-corrected chi connectivity index (χ1v) is 6.83. The molecule has 0 aliphatic carbocycles. The Balaban J connectivity index is 2.16. The van der Waals surface area contributed by atoms with Gasteiger partial charge in [0.1, 0.15) is 10.9 Å². The largest absolute Gasteiger partial charge is 0.452 e.